The van der Waals surface area contributed by atoms with E-state index in [0.717, 1.165) is 0 Å². The maximum Gasteiger partial charge on any atom is 0.244 e. The van der Waals surface area contributed by atoms with Crippen LogP contribution in [0.15, 0.2) is 11.1 Å². The zero-order chi connectivity index (χ0) is 12.3. The van der Waals surface area contributed by atoms with Crippen molar-refractivity contribution < 1.29 is 8.42 Å². The molecule has 1 atom stereocenters. The van der Waals surface area contributed by atoms with Crippen LogP contribution in [0.4, 0.5) is 0 Å². The van der Waals surface area contributed by atoms with Gasteiger partial charge in [0, 0.05) is 12.5 Å². The zero-order valence-electron chi connectivity index (χ0n) is 9.02. The van der Waals surface area contributed by atoms with Crippen LogP contribution in [-0.2, 0) is 10.0 Å². The summed E-state index contributed by atoms with van der Waals surface area (Å²) in [4.78, 5) is 0.418. The molecule has 90 valence electrons. The first kappa shape index (κ1) is 13.1. The molecule has 0 aromatic carbocycles. The topological polar surface area (TPSA) is 101 Å². The fourth-order valence-corrected chi connectivity index (χ4v) is 2.91. The molecule has 1 unspecified atom stereocenters. The number of aromatic nitrogens is 2. The highest BCUT2D eigenvalue weighted by Crippen LogP contribution is 2.11. The van der Waals surface area contributed by atoms with E-state index in [1.165, 1.54) is 6.20 Å². The molecule has 8 heteroatoms. The van der Waals surface area contributed by atoms with Crippen molar-refractivity contribution in [3.05, 3.63) is 11.9 Å². The van der Waals surface area contributed by atoms with E-state index in [0.29, 0.717) is 12.1 Å². The summed E-state index contributed by atoms with van der Waals surface area (Å²) in [6, 6.07) is -0.336. The monoisotopic (exact) mass is 262 g/mol. The molecule has 1 rings (SSSR count). The second kappa shape index (κ2) is 4.89. The van der Waals surface area contributed by atoms with Gasteiger partial charge in [0.25, 0.3) is 0 Å². The van der Waals surface area contributed by atoms with Crippen LogP contribution in [0.2, 0.25) is 0 Å². The summed E-state index contributed by atoms with van der Waals surface area (Å²) in [6.45, 7) is 3.34. The van der Waals surface area contributed by atoms with Gasteiger partial charge in [-0.25, -0.2) is 13.1 Å². The van der Waals surface area contributed by atoms with Gasteiger partial charge in [-0.15, -0.1) is 0 Å². The molecule has 4 N–H and O–H groups in total. The van der Waals surface area contributed by atoms with Gasteiger partial charge in [-0.3, -0.25) is 5.10 Å². The van der Waals surface area contributed by atoms with Crippen LogP contribution in [-0.4, -0.2) is 29.6 Å². The number of aryl methyl sites for hydroxylation is 1. The molecule has 0 bridgehead atoms. The van der Waals surface area contributed by atoms with Gasteiger partial charge in [0.1, 0.15) is 4.90 Å². The highest BCUT2D eigenvalue weighted by molar-refractivity contribution is 7.89. The predicted molar refractivity (Wildman–Crippen MR) is 64.5 cm³/mol. The van der Waals surface area contributed by atoms with Gasteiger partial charge in [-0.1, -0.05) is 12.2 Å². The molecule has 0 aliphatic carbocycles. The highest BCUT2D eigenvalue weighted by atomic mass is 32.2. The van der Waals surface area contributed by atoms with Gasteiger partial charge in [-0.05, 0) is 13.8 Å². The quantitative estimate of drug-likeness (QED) is 0.651. The molecular formula is C8H14N4O2S2. The van der Waals surface area contributed by atoms with Crippen molar-refractivity contribution in [2.24, 2.45) is 5.73 Å². The first-order valence-electron chi connectivity index (χ1n) is 4.63. The lowest BCUT2D eigenvalue weighted by molar-refractivity contribution is 0.564. The molecule has 0 fully saturated rings. The third-order valence-corrected chi connectivity index (χ3v) is 3.81. The van der Waals surface area contributed by atoms with Gasteiger partial charge in [0.2, 0.25) is 10.0 Å². The summed E-state index contributed by atoms with van der Waals surface area (Å²) in [7, 11) is -3.55. The molecule has 0 radical (unpaired) electrons. The van der Waals surface area contributed by atoms with Gasteiger partial charge < -0.3 is 5.73 Å². The molecule has 0 aliphatic rings. The van der Waals surface area contributed by atoms with Crippen molar-refractivity contribution in [2.45, 2.75) is 31.2 Å². The number of nitrogens with one attached hydrogen (secondary N) is 2. The highest BCUT2D eigenvalue weighted by Gasteiger charge is 2.21. The lowest BCUT2D eigenvalue weighted by atomic mass is 10.3. The second-order valence-corrected chi connectivity index (χ2v) is 5.76. The third-order valence-electron chi connectivity index (χ3n) is 1.94. The van der Waals surface area contributed by atoms with E-state index in [2.05, 4.69) is 14.9 Å². The van der Waals surface area contributed by atoms with Crippen LogP contribution >= 0.6 is 12.2 Å². The smallest absolute Gasteiger partial charge is 0.244 e. The van der Waals surface area contributed by atoms with Crippen LogP contribution in [0, 0.1) is 6.92 Å². The maximum absolute atomic E-state index is 11.9. The van der Waals surface area contributed by atoms with Gasteiger partial charge in [0.15, 0.2) is 0 Å². The van der Waals surface area contributed by atoms with Crippen molar-refractivity contribution in [2.75, 3.05) is 0 Å². The van der Waals surface area contributed by atoms with Crippen molar-refractivity contribution >= 4 is 27.2 Å². The van der Waals surface area contributed by atoms with Crippen molar-refractivity contribution in [1.82, 2.24) is 14.9 Å². The van der Waals surface area contributed by atoms with E-state index in [4.69, 9.17) is 18.0 Å². The number of nitrogens with zero attached hydrogens (tertiary/aromatic N) is 1. The summed E-state index contributed by atoms with van der Waals surface area (Å²) in [5, 5.41) is 6.23. The Bertz CT molecular complexity index is 480. The fourth-order valence-electron chi connectivity index (χ4n) is 1.28. The summed E-state index contributed by atoms with van der Waals surface area (Å²) in [5.41, 5.74) is 5.83. The van der Waals surface area contributed by atoms with E-state index in [1.807, 2.05) is 0 Å². The molecule has 0 aliphatic heterocycles. The molecule has 6 nitrogen and oxygen atoms in total. The molecule has 0 spiro atoms. The number of H-pyrrole nitrogens is 1. The molecule has 16 heavy (non-hydrogen) atoms. The average molecular weight is 262 g/mol. The van der Waals surface area contributed by atoms with E-state index in [-0.39, 0.29) is 15.9 Å². The SMILES string of the molecule is Cc1[nH]ncc1S(=O)(=O)NC(C)CC(N)=S. The number of aromatic amines is 1. The van der Waals surface area contributed by atoms with Crippen molar-refractivity contribution in [1.29, 1.82) is 0 Å². The summed E-state index contributed by atoms with van der Waals surface area (Å²) < 4.78 is 26.2. The van der Waals surface area contributed by atoms with Crippen LogP contribution in [0.3, 0.4) is 0 Å². The van der Waals surface area contributed by atoms with Crippen LogP contribution in [0.5, 0.6) is 0 Å². The minimum absolute atomic E-state index is 0.141. The van der Waals surface area contributed by atoms with Gasteiger partial charge in [-0.2, -0.15) is 5.10 Å². The van der Waals surface area contributed by atoms with E-state index in [1.54, 1.807) is 13.8 Å². The lowest BCUT2D eigenvalue weighted by Gasteiger charge is -2.12. The van der Waals surface area contributed by atoms with Gasteiger partial charge in [0.05, 0.1) is 16.9 Å². The van der Waals surface area contributed by atoms with E-state index < -0.39 is 10.0 Å². The maximum atomic E-state index is 11.9. The van der Waals surface area contributed by atoms with E-state index in [9.17, 15) is 8.42 Å². The van der Waals surface area contributed by atoms with Crippen molar-refractivity contribution in [3.63, 3.8) is 0 Å². The molecule has 0 saturated carbocycles. The lowest BCUT2D eigenvalue weighted by Crippen LogP contribution is -2.35. The van der Waals surface area contributed by atoms with Crippen LogP contribution in [0.25, 0.3) is 0 Å². The number of sulfonamides is 1. The minimum atomic E-state index is -3.55. The number of thiocarbonyl (C=S) groups is 1. The summed E-state index contributed by atoms with van der Waals surface area (Å²) in [5.74, 6) is 0. The van der Waals surface area contributed by atoms with Crippen molar-refractivity contribution in [3.8, 4) is 0 Å². The Balaban J connectivity index is 2.81. The molecule has 1 aromatic rings. The first-order valence-corrected chi connectivity index (χ1v) is 6.52. The van der Waals surface area contributed by atoms with Crippen LogP contribution < -0.4 is 10.5 Å². The third kappa shape index (κ3) is 3.26. The number of rotatable bonds is 5. The largest absolute Gasteiger partial charge is 0.393 e. The average Bonchev–Trinajstić information content (AvgIpc) is 2.48. The number of hydrogen-bond acceptors (Lipinski definition) is 4. The Hall–Kier alpha value is -0.990. The molecule has 1 aromatic heterocycles. The molecule has 0 saturated heterocycles. The number of hydrogen-bond donors (Lipinski definition) is 3. The standard InChI is InChI=1S/C8H14N4O2S2/c1-5(3-8(9)15)12-16(13,14)7-4-10-11-6(7)2/h4-5,12H,3H2,1-2H3,(H2,9,15)(H,10,11). The second-order valence-electron chi connectivity index (χ2n) is 3.55. The molecule has 1 heterocycles. The Morgan fingerprint density at radius 1 is 1.75 bits per heavy atom. The summed E-state index contributed by atoms with van der Waals surface area (Å²) in [6.07, 6.45) is 1.59. The molecule has 0 amide bonds. The normalized spacial score (nSPS) is 13.6. The number of nitrogens with two attached hydrogens (primary N) is 1. The zero-order valence-corrected chi connectivity index (χ0v) is 10.7. The van der Waals surface area contributed by atoms with Crippen LogP contribution in [0.1, 0.15) is 19.0 Å². The van der Waals surface area contributed by atoms with Gasteiger partial charge >= 0.3 is 0 Å². The van der Waals surface area contributed by atoms with E-state index >= 15 is 0 Å². The Morgan fingerprint density at radius 2 is 2.38 bits per heavy atom. The summed E-state index contributed by atoms with van der Waals surface area (Å²) >= 11 is 4.71. The first-order chi connectivity index (χ1) is 7.33. The minimum Gasteiger partial charge on any atom is -0.393 e. The Morgan fingerprint density at radius 3 is 2.81 bits per heavy atom. The Labute approximate surface area is 99.7 Å². The fraction of sp³-hybridized carbons (Fsp3) is 0.500. The predicted octanol–water partition coefficient (Wildman–Crippen LogP) is 0.0611. The Kier molecular flexibility index (Phi) is 4.00. The molecular weight excluding hydrogens is 248 g/mol.